The fourth-order valence-electron chi connectivity index (χ4n) is 1.63. The quantitative estimate of drug-likeness (QED) is 0.694. The molecule has 0 aromatic carbocycles. The first-order valence-electron chi connectivity index (χ1n) is 6.16. The molecule has 0 aromatic rings. The second-order valence-electron chi connectivity index (χ2n) is 4.34. The number of nitrogens with one attached hydrogen (secondary N) is 2. The van der Waals surface area contributed by atoms with Crippen molar-refractivity contribution in [3.05, 3.63) is 12.3 Å². The summed E-state index contributed by atoms with van der Waals surface area (Å²) in [5.74, 6) is -2.82. The highest BCUT2D eigenvalue weighted by molar-refractivity contribution is 5.92. The summed E-state index contributed by atoms with van der Waals surface area (Å²) in [6, 6.07) is 0.367. The molecule has 0 bridgehead atoms. The zero-order valence-electron chi connectivity index (χ0n) is 11.2. The minimum atomic E-state index is -5.08. The van der Waals surface area contributed by atoms with Gasteiger partial charge >= 0.3 is 12.1 Å². The van der Waals surface area contributed by atoms with E-state index in [1.54, 1.807) is 7.05 Å². The van der Waals surface area contributed by atoms with Crippen LogP contribution in [0.2, 0.25) is 0 Å². The van der Waals surface area contributed by atoms with E-state index < -0.39 is 12.1 Å². The molecule has 1 fully saturated rings. The van der Waals surface area contributed by atoms with Crippen LogP contribution >= 0.6 is 0 Å². The van der Waals surface area contributed by atoms with E-state index in [9.17, 15) is 18.0 Å². The Balaban J connectivity index is 0.000000441. The first-order chi connectivity index (χ1) is 9.18. The maximum Gasteiger partial charge on any atom is 0.490 e. The summed E-state index contributed by atoms with van der Waals surface area (Å²) in [5, 5.41) is 12.8. The van der Waals surface area contributed by atoms with Crippen LogP contribution in [0.1, 0.15) is 32.1 Å². The number of carboxylic acid groups (broad SMARTS) is 1. The Morgan fingerprint density at radius 1 is 1.20 bits per heavy atom. The van der Waals surface area contributed by atoms with Gasteiger partial charge in [0.1, 0.15) is 0 Å². The van der Waals surface area contributed by atoms with E-state index in [2.05, 4.69) is 17.2 Å². The fourth-order valence-corrected chi connectivity index (χ4v) is 1.63. The number of aliphatic carboxylic acids is 1. The average molecular weight is 296 g/mol. The van der Waals surface area contributed by atoms with Crippen molar-refractivity contribution in [2.24, 2.45) is 0 Å². The third-order valence-corrected chi connectivity index (χ3v) is 2.76. The van der Waals surface area contributed by atoms with Crippen LogP contribution in [0, 0.1) is 0 Å². The molecule has 8 heteroatoms. The average Bonchev–Trinajstić information content (AvgIpc) is 2.38. The Kier molecular flexibility index (Phi) is 7.71. The standard InChI is InChI=1S/C10H18N2O.C2HF3O2/c1-8(11-2)10(13)12-9-6-4-3-5-7-9;3-2(4,5)1(6)7/h9,11H,1,3-7H2,2H3,(H,12,13);(H,6,7). The van der Waals surface area contributed by atoms with Gasteiger partial charge in [-0.1, -0.05) is 25.8 Å². The van der Waals surface area contributed by atoms with E-state index in [4.69, 9.17) is 9.90 Å². The molecule has 0 saturated heterocycles. The van der Waals surface area contributed by atoms with E-state index in [1.165, 1.54) is 19.3 Å². The monoisotopic (exact) mass is 296 g/mol. The molecule has 116 valence electrons. The van der Waals surface area contributed by atoms with Crippen molar-refractivity contribution in [3.63, 3.8) is 0 Å². The summed E-state index contributed by atoms with van der Waals surface area (Å²) in [7, 11) is 1.71. The first kappa shape index (κ1) is 18.3. The van der Waals surface area contributed by atoms with Gasteiger partial charge in [0.15, 0.2) is 0 Å². The zero-order valence-corrected chi connectivity index (χ0v) is 11.2. The molecule has 0 unspecified atom stereocenters. The molecule has 0 heterocycles. The molecule has 0 aliphatic heterocycles. The molecule has 1 aliphatic carbocycles. The number of carbonyl (C=O) groups excluding carboxylic acids is 1. The van der Waals surface area contributed by atoms with Crippen LogP contribution in [0.4, 0.5) is 13.2 Å². The summed E-state index contributed by atoms with van der Waals surface area (Å²) in [6.45, 7) is 3.62. The van der Waals surface area contributed by atoms with Gasteiger partial charge in [-0.15, -0.1) is 0 Å². The van der Waals surface area contributed by atoms with Crippen molar-refractivity contribution >= 4 is 11.9 Å². The number of likely N-dealkylation sites (N-methyl/N-ethyl adjacent to an activating group) is 1. The normalized spacial score (nSPS) is 15.6. The van der Waals surface area contributed by atoms with Gasteiger partial charge in [0, 0.05) is 13.1 Å². The molecule has 1 saturated carbocycles. The van der Waals surface area contributed by atoms with E-state index in [0.29, 0.717) is 11.7 Å². The van der Waals surface area contributed by atoms with Crippen molar-refractivity contribution in [2.75, 3.05) is 7.05 Å². The van der Waals surface area contributed by atoms with Gasteiger partial charge in [-0.25, -0.2) is 4.79 Å². The minimum Gasteiger partial charge on any atom is -0.475 e. The lowest BCUT2D eigenvalue weighted by Gasteiger charge is -2.23. The number of hydrogen-bond acceptors (Lipinski definition) is 3. The maximum absolute atomic E-state index is 11.4. The van der Waals surface area contributed by atoms with Crippen molar-refractivity contribution in [1.29, 1.82) is 0 Å². The number of carboxylic acids is 1. The second kappa shape index (κ2) is 8.44. The summed E-state index contributed by atoms with van der Waals surface area (Å²) in [4.78, 5) is 20.3. The van der Waals surface area contributed by atoms with Crippen LogP contribution in [-0.2, 0) is 9.59 Å². The SMILES string of the molecule is C=C(NC)C(=O)NC1CCCCC1.O=C(O)C(F)(F)F. The lowest BCUT2D eigenvalue weighted by molar-refractivity contribution is -0.192. The van der Waals surface area contributed by atoms with Crippen molar-refractivity contribution in [2.45, 2.75) is 44.3 Å². The van der Waals surface area contributed by atoms with Gasteiger partial charge in [0.2, 0.25) is 0 Å². The highest BCUT2D eigenvalue weighted by Crippen LogP contribution is 2.17. The molecule has 20 heavy (non-hydrogen) atoms. The summed E-state index contributed by atoms with van der Waals surface area (Å²) >= 11 is 0. The molecule has 1 aliphatic rings. The summed E-state index contributed by atoms with van der Waals surface area (Å²) in [6.07, 6.45) is 0.915. The highest BCUT2D eigenvalue weighted by Gasteiger charge is 2.38. The van der Waals surface area contributed by atoms with Gasteiger partial charge in [-0.05, 0) is 12.8 Å². The van der Waals surface area contributed by atoms with Crippen LogP contribution in [0.3, 0.4) is 0 Å². The molecule has 1 rings (SSSR count). The van der Waals surface area contributed by atoms with Gasteiger partial charge in [0.25, 0.3) is 5.91 Å². The fraction of sp³-hybridized carbons (Fsp3) is 0.667. The Hall–Kier alpha value is -1.73. The number of amides is 1. The largest absolute Gasteiger partial charge is 0.490 e. The van der Waals surface area contributed by atoms with E-state index in [0.717, 1.165) is 12.8 Å². The molecule has 0 aromatic heterocycles. The predicted octanol–water partition coefficient (Wildman–Crippen LogP) is 1.80. The predicted molar refractivity (Wildman–Crippen MR) is 66.9 cm³/mol. The Morgan fingerprint density at radius 3 is 2.00 bits per heavy atom. The number of halogens is 3. The second-order valence-corrected chi connectivity index (χ2v) is 4.34. The van der Waals surface area contributed by atoms with Gasteiger partial charge < -0.3 is 15.7 Å². The van der Waals surface area contributed by atoms with Crippen LogP contribution < -0.4 is 10.6 Å². The van der Waals surface area contributed by atoms with Gasteiger partial charge in [-0.3, -0.25) is 4.79 Å². The van der Waals surface area contributed by atoms with Gasteiger partial charge in [0.05, 0.1) is 5.70 Å². The molecule has 0 atom stereocenters. The smallest absolute Gasteiger partial charge is 0.475 e. The number of carbonyl (C=O) groups is 2. The van der Waals surface area contributed by atoms with E-state index in [1.807, 2.05) is 0 Å². The summed E-state index contributed by atoms with van der Waals surface area (Å²) < 4.78 is 31.7. The van der Waals surface area contributed by atoms with Gasteiger partial charge in [-0.2, -0.15) is 13.2 Å². The molecule has 3 N–H and O–H groups in total. The van der Waals surface area contributed by atoms with Crippen molar-refractivity contribution in [3.8, 4) is 0 Å². The van der Waals surface area contributed by atoms with Crippen LogP contribution in [-0.4, -0.2) is 36.2 Å². The molecule has 1 amide bonds. The highest BCUT2D eigenvalue weighted by atomic mass is 19.4. The Labute approximate surface area is 115 Å². The molecular weight excluding hydrogens is 277 g/mol. The lowest BCUT2D eigenvalue weighted by Crippen LogP contribution is -2.39. The van der Waals surface area contributed by atoms with Crippen LogP contribution in [0.5, 0.6) is 0 Å². The van der Waals surface area contributed by atoms with Crippen LogP contribution in [0.25, 0.3) is 0 Å². The van der Waals surface area contributed by atoms with Crippen molar-refractivity contribution in [1.82, 2.24) is 10.6 Å². The number of alkyl halides is 3. The van der Waals surface area contributed by atoms with Crippen molar-refractivity contribution < 1.29 is 27.9 Å². The molecular formula is C12H19F3N2O3. The zero-order chi connectivity index (χ0) is 15.8. The molecule has 0 spiro atoms. The Bertz CT molecular complexity index is 350. The third kappa shape index (κ3) is 7.65. The third-order valence-electron chi connectivity index (χ3n) is 2.76. The van der Waals surface area contributed by atoms with Crippen LogP contribution in [0.15, 0.2) is 12.3 Å². The minimum absolute atomic E-state index is 0.0607. The number of hydrogen-bond donors (Lipinski definition) is 3. The summed E-state index contributed by atoms with van der Waals surface area (Å²) in [5.41, 5.74) is 0.450. The number of rotatable bonds is 3. The first-order valence-corrected chi connectivity index (χ1v) is 6.16. The molecule has 5 nitrogen and oxygen atoms in total. The maximum atomic E-state index is 11.4. The topological polar surface area (TPSA) is 78.4 Å². The lowest BCUT2D eigenvalue weighted by atomic mass is 9.95. The molecule has 0 radical (unpaired) electrons. The Morgan fingerprint density at radius 2 is 1.65 bits per heavy atom. The van der Waals surface area contributed by atoms with E-state index >= 15 is 0 Å². The van der Waals surface area contributed by atoms with E-state index in [-0.39, 0.29) is 5.91 Å².